The van der Waals surface area contributed by atoms with Crippen molar-refractivity contribution < 1.29 is 4.79 Å². The molecular formula is C17H22N4OS. The second-order valence-corrected chi connectivity index (χ2v) is 7.15. The van der Waals surface area contributed by atoms with Crippen molar-refractivity contribution >= 4 is 22.4 Å². The number of amides is 1. The minimum atomic E-state index is -0.0547. The van der Waals surface area contributed by atoms with E-state index in [9.17, 15) is 4.79 Å². The molecule has 6 heteroatoms. The van der Waals surface area contributed by atoms with Gasteiger partial charge in [-0.1, -0.05) is 48.6 Å². The van der Waals surface area contributed by atoms with Gasteiger partial charge in [0.1, 0.15) is 5.01 Å². The number of hydrogen-bond donors (Lipinski definition) is 1. The van der Waals surface area contributed by atoms with Crippen LogP contribution in [-0.4, -0.2) is 41.1 Å². The Labute approximate surface area is 140 Å². The molecule has 1 aliphatic heterocycles. The number of likely N-dealkylation sites (N-methyl/N-ethyl adjacent to an activating group) is 1. The average Bonchev–Trinajstić information content (AvgIpc) is 3.15. The van der Waals surface area contributed by atoms with Crippen LogP contribution in [0.3, 0.4) is 0 Å². The molecule has 3 rings (SSSR count). The summed E-state index contributed by atoms with van der Waals surface area (Å²) < 4.78 is 0. The zero-order chi connectivity index (χ0) is 16.2. The van der Waals surface area contributed by atoms with Gasteiger partial charge in [-0.2, -0.15) is 0 Å². The third-order valence-corrected chi connectivity index (χ3v) is 5.13. The molecule has 0 aliphatic carbocycles. The van der Waals surface area contributed by atoms with E-state index in [1.54, 1.807) is 0 Å². The molecule has 1 aromatic heterocycles. The van der Waals surface area contributed by atoms with Crippen LogP contribution in [-0.2, 0) is 11.2 Å². The molecule has 0 spiro atoms. The van der Waals surface area contributed by atoms with Gasteiger partial charge in [-0.05, 0) is 19.0 Å². The van der Waals surface area contributed by atoms with Gasteiger partial charge < -0.3 is 10.2 Å². The van der Waals surface area contributed by atoms with Gasteiger partial charge in [0.05, 0.1) is 5.92 Å². The summed E-state index contributed by atoms with van der Waals surface area (Å²) >= 11 is 1.47. The summed E-state index contributed by atoms with van der Waals surface area (Å²) in [4.78, 5) is 14.9. The summed E-state index contributed by atoms with van der Waals surface area (Å²) in [6.07, 6.45) is 1.94. The molecule has 0 saturated carbocycles. The first-order chi connectivity index (χ1) is 11.2. The summed E-state index contributed by atoms with van der Waals surface area (Å²) in [6, 6.07) is 10.3. The SMILES string of the molecule is CCCc1nnc(NC(=O)[C@H]2CN(C)C[C@@H]2c2ccccc2)s1. The van der Waals surface area contributed by atoms with E-state index in [2.05, 4.69) is 46.5 Å². The Morgan fingerprint density at radius 1 is 1.30 bits per heavy atom. The average molecular weight is 330 g/mol. The summed E-state index contributed by atoms with van der Waals surface area (Å²) in [5, 5.41) is 12.8. The molecule has 1 N–H and O–H groups in total. The number of nitrogens with zero attached hydrogens (tertiary/aromatic N) is 3. The first-order valence-corrected chi connectivity index (χ1v) is 8.85. The lowest BCUT2D eigenvalue weighted by Crippen LogP contribution is -2.28. The molecule has 1 aromatic carbocycles. The van der Waals surface area contributed by atoms with Crippen LogP contribution in [0, 0.1) is 5.92 Å². The van der Waals surface area contributed by atoms with E-state index in [0.717, 1.165) is 30.9 Å². The van der Waals surface area contributed by atoms with Crippen molar-refractivity contribution in [2.75, 3.05) is 25.5 Å². The molecular weight excluding hydrogens is 308 g/mol. The zero-order valence-electron chi connectivity index (χ0n) is 13.5. The fraction of sp³-hybridized carbons (Fsp3) is 0.471. The minimum absolute atomic E-state index is 0.0439. The van der Waals surface area contributed by atoms with Crippen molar-refractivity contribution in [1.29, 1.82) is 0 Å². The lowest BCUT2D eigenvalue weighted by Gasteiger charge is -2.17. The first-order valence-electron chi connectivity index (χ1n) is 8.04. The predicted octanol–water partition coefficient (Wildman–Crippen LogP) is 2.77. The van der Waals surface area contributed by atoms with Gasteiger partial charge >= 0.3 is 0 Å². The van der Waals surface area contributed by atoms with E-state index >= 15 is 0 Å². The topological polar surface area (TPSA) is 58.1 Å². The standard InChI is InChI=1S/C17H22N4OS/c1-3-7-15-19-20-17(23-15)18-16(22)14-11-21(2)10-13(14)12-8-5-4-6-9-12/h4-6,8-9,13-14H,3,7,10-11H2,1-2H3,(H,18,20,22)/t13-,14+/m1/s1. The monoisotopic (exact) mass is 330 g/mol. The molecule has 1 aliphatic rings. The fourth-order valence-corrected chi connectivity index (χ4v) is 3.97. The molecule has 1 fully saturated rings. The number of benzene rings is 1. The molecule has 122 valence electrons. The normalized spacial score (nSPS) is 21.5. The number of hydrogen-bond acceptors (Lipinski definition) is 5. The molecule has 1 saturated heterocycles. The summed E-state index contributed by atoms with van der Waals surface area (Å²) in [5.41, 5.74) is 1.22. The van der Waals surface area contributed by atoms with Crippen LogP contribution in [0.1, 0.15) is 29.8 Å². The highest BCUT2D eigenvalue weighted by Gasteiger charge is 2.37. The number of aryl methyl sites for hydroxylation is 1. The largest absolute Gasteiger partial charge is 0.305 e. The van der Waals surface area contributed by atoms with Gasteiger partial charge in [0.15, 0.2) is 0 Å². The molecule has 2 heterocycles. The number of aromatic nitrogens is 2. The van der Waals surface area contributed by atoms with Gasteiger partial charge in [0.2, 0.25) is 11.0 Å². The third-order valence-electron chi connectivity index (χ3n) is 4.23. The Balaban J connectivity index is 1.71. The smallest absolute Gasteiger partial charge is 0.231 e. The van der Waals surface area contributed by atoms with Crippen molar-refractivity contribution in [1.82, 2.24) is 15.1 Å². The molecule has 1 amide bonds. The second kappa shape index (κ2) is 7.19. The molecule has 0 unspecified atom stereocenters. The van der Waals surface area contributed by atoms with Gasteiger partial charge in [-0.25, -0.2) is 0 Å². The molecule has 0 radical (unpaired) electrons. The molecule has 2 atom stereocenters. The van der Waals surface area contributed by atoms with Crippen LogP contribution in [0.4, 0.5) is 5.13 Å². The number of rotatable bonds is 5. The molecule has 2 aromatic rings. The second-order valence-electron chi connectivity index (χ2n) is 6.09. The maximum Gasteiger partial charge on any atom is 0.231 e. The van der Waals surface area contributed by atoms with Gasteiger partial charge in [0, 0.05) is 25.4 Å². The van der Waals surface area contributed by atoms with Crippen LogP contribution in [0.2, 0.25) is 0 Å². The summed E-state index contributed by atoms with van der Waals surface area (Å²) in [5.74, 6) is 0.215. The number of carbonyl (C=O) groups is 1. The van der Waals surface area contributed by atoms with Crippen molar-refractivity contribution in [3.8, 4) is 0 Å². The highest BCUT2D eigenvalue weighted by molar-refractivity contribution is 7.15. The molecule has 23 heavy (non-hydrogen) atoms. The van der Waals surface area contributed by atoms with E-state index in [4.69, 9.17) is 0 Å². The van der Waals surface area contributed by atoms with Gasteiger partial charge in [-0.15, -0.1) is 10.2 Å². The van der Waals surface area contributed by atoms with E-state index in [-0.39, 0.29) is 17.7 Å². The maximum absolute atomic E-state index is 12.7. The van der Waals surface area contributed by atoms with E-state index in [1.165, 1.54) is 16.9 Å². The predicted molar refractivity (Wildman–Crippen MR) is 92.7 cm³/mol. The van der Waals surface area contributed by atoms with Crippen LogP contribution in [0.15, 0.2) is 30.3 Å². The van der Waals surface area contributed by atoms with E-state index < -0.39 is 0 Å². The summed E-state index contributed by atoms with van der Waals surface area (Å²) in [7, 11) is 2.06. The Bertz CT molecular complexity index is 658. The van der Waals surface area contributed by atoms with E-state index in [1.807, 2.05) is 18.2 Å². The fourth-order valence-electron chi connectivity index (χ4n) is 3.12. The lowest BCUT2D eigenvalue weighted by atomic mass is 9.88. The zero-order valence-corrected chi connectivity index (χ0v) is 14.3. The Hall–Kier alpha value is -1.79. The van der Waals surface area contributed by atoms with Crippen molar-refractivity contribution in [3.05, 3.63) is 40.9 Å². The number of anilines is 1. The summed E-state index contributed by atoms with van der Waals surface area (Å²) in [6.45, 7) is 3.78. The van der Waals surface area contributed by atoms with Crippen LogP contribution >= 0.6 is 11.3 Å². The van der Waals surface area contributed by atoms with Crippen molar-refractivity contribution in [2.24, 2.45) is 5.92 Å². The molecule has 0 bridgehead atoms. The van der Waals surface area contributed by atoms with Gasteiger partial charge in [0.25, 0.3) is 0 Å². The number of nitrogens with one attached hydrogen (secondary N) is 1. The Morgan fingerprint density at radius 3 is 2.83 bits per heavy atom. The lowest BCUT2D eigenvalue weighted by molar-refractivity contribution is -0.119. The minimum Gasteiger partial charge on any atom is -0.305 e. The molecule has 5 nitrogen and oxygen atoms in total. The van der Waals surface area contributed by atoms with Crippen LogP contribution in [0.25, 0.3) is 0 Å². The first kappa shape index (κ1) is 16.1. The maximum atomic E-state index is 12.7. The van der Waals surface area contributed by atoms with E-state index in [0.29, 0.717) is 5.13 Å². The number of likely N-dealkylation sites (tertiary alicyclic amines) is 1. The quantitative estimate of drug-likeness (QED) is 0.916. The van der Waals surface area contributed by atoms with Crippen LogP contribution < -0.4 is 5.32 Å². The van der Waals surface area contributed by atoms with Crippen molar-refractivity contribution in [2.45, 2.75) is 25.7 Å². The number of carbonyl (C=O) groups excluding carboxylic acids is 1. The van der Waals surface area contributed by atoms with Gasteiger partial charge in [-0.3, -0.25) is 4.79 Å². The Kier molecular flexibility index (Phi) is 5.03. The highest BCUT2D eigenvalue weighted by atomic mass is 32.1. The van der Waals surface area contributed by atoms with Crippen molar-refractivity contribution in [3.63, 3.8) is 0 Å². The third kappa shape index (κ3) is 3.76. The highest BCUT2D eigenvalue weighted by Crippen LogP contribution is 2.33. The van der Waals surface area contributed by atoms with Crippen LogP contribution in [0.5, 0.6) is 0 Å². The Morgan fingerprint density at radius 2 is 2.09 bits per heavy atom.